The number of amides is 2. The Bertz CT molecular complexity index is 2140. The standard InChI is InChI=1S/C43H51FN8O3/c1-4-37-34(40(48-32-16-20-55-21-17-32)35-27-47-52(5-2)41(35)50-37)26-46-43(54)39-11-7-10-38(49-39)42(53)45-25-30-12-13-36(44)33(24-30)31-9-6-8-29(23-31)22-28-14-18-51(3)19-15-28/h6-13,23-24,27-28,32H,4-5,14-22,25-26H2,1-3H3,(H,45,53)(H,46,54)(H,48,50). The number of ether oxygens (including phenoxy) is 1. The molecule has 0 spiro atoms. The number of halogens is 1. The molecule has 5 aromatic rings. The van der Waals surface area contributed by atoms with Crippen molar-refractivity contribution in [2.45, 2.75) is 78.0 Å². The molecule has 7 rings (SSSR count). The van der Waals surface area contributed by atoms with Gasteiger partial charge in [-0.15, -0.1) is 0 Å². The minimum atomic E-state index is -0.431. The van der Waals surface area contributed by atoms with Crippen LogP contribution in [0.15, 0.2) is 66.9 Å². The molecule has 11 nitrogen and oxygen atoms in total. The molecule has 55 heavy (non-hydrogen) atoms. The molecule has 288 valence electrons. The predicted molar refractivity (Wildman–Crippen MR) is 212 cm³/mol. The van der Waals surface area contributed by atoms with E-state index in [0.717, 1.165) is 71.5 Å². The molecule has 0 atom stereocenters. The number of anilines is 1. The summed E-state index contributed by atoms with van der Waals surface area (Å²) in [5, 5.41) is 15.1. The van der Waals surface area contributed by atoms with Gasteiger partial charge in [-0.1, -0.05) is 43.3 Å². The number of aryl methyl sites for hydroxylation is 2. The second kappa shape index (κ2) is 17.5. The van der Waals surface area contributed by atoms with E-state index in [9.17, 15) is 9.59 Å². The van der Waals surface area contributed by atoms with Crippen LogP contribution in [0.25, 0.3) is 22.2 Å². The lowest BCUT2D eigenvalue weighted by atomic mass is 9.89. The molecule has 0 unspecified atom stereocenters. The molecule has 2 aliphatic rings. The average Bonchev–Trinajstić information content (AvgIpc) is 3.64. The lowest BCUT2D eigenvalue weighted by Gasteiger charge is -2.29. The maximum atomic E-state index is 15.1. The smallest absolute Gasteiger partial charge is 0.270 e. The van der Waals surface area contributed by atoms with Crippen LogP contribution in [-0.2, 0) is 37.2 Å². The molecule has 2 aliphatic heterocycles. The summed E-state index contributed by atoms with van der Waals surface area (Å²) in [6.07, 6.45) is 7.60. The third-order valence-electron chi connectivity index (χ3n) is 10.9. The maximum Gasteiger partial charge on any atom is 0.270 e. The number of fused-ring (bicyclic) bond motifs is 1. The number of nitrogens with one attached hydrogen (secondary N) is 3. The van der Waals surface area contributed by atoms with Gasteiger partial charge in [-0.05, 0) is 112 Å². The molecule has 2 amide bonds. The Morgan fingerprint density at radius 3 is 2.33 bits per heavy atom. The number of likely N-dealkylation sites (tertiary alicyclic amines) is 1. The number of carbonyl (C=O) groups excluding carboxylic acids is 2. The summed E-state index contributed by atoms with van der Waals surface area (Å²) in [6, 6.07) is 18.1. The van der Waals surface area contributed by atoms with Crippen molar-refractivity contribution in [2.75, 3.05) is 38.7 Å². The van der Waals surface area contributed by atoms with Crippen LogP contribution >= 0.6 is 0 Å². The zero-order valence-corrected chi connectivity index (χ0v) is 32.0. The van der Waals surface area contributed by atoms with Gasteiger partial charge in [0.25, 0.3) is 11.8 Å². The van der Waals surface area contributed by atoms with Gasteiger partial charge in [0.15, 0.2) is 5.65 Å². The number of carbonyl (C=O) groups is 2. The molecular weight excluding hydrogens is 696 g/mol. The SMILES string of the molecule is CCc1nc2c(cnn2CC)c(NC2CCOCC2)c1CNC(=O)c1cccc(C(=O)NCc2ccc(F)c(-c3cccc(CC4CCN(C)CC4)c3)c2)n1. The summed E-state index contributed by atoms with van der Waals surface area (Å²) in [6.45, 7) is 8.79. The quantitative estimate of drug-likeness (QED) is 0.124. The van der Waals surface area contributed by atoms with Crippen LogP contribution in [0, 0.1) is 11.7 Å². The van der Waals surface area contributed by atoms with E-state index in [1.165, 1.54) is 24.5 Å². The van der Waals surface area contributed by atoms with Crippen LogP contribution in [0.3, 0.4) is 0 Å². The number of rotatable bonds is 13. The van der Waals surface area contributed by atoms with Crippen molar-refractivity contribution in [3.63, 3.8) is 0 Å². The third kappa shape index (κ3) is 9.03. The molecule has 0 saturated carbocycles. The van der Waals surface area contributed by atoms with E-state index in [1.807, 2.05) is 29.9 Å². The van der Waals surface area contributed by atoms with Crippen molar-refractivity contribution in [1.29, 1.82) is 0 Å². The van der Waals surface area contributed by atoms with Crippen LogP contribution in [0.4, 0.5) is 10.1 Å². The minimum absolute atomic E-state index is 0.114. The maximum absolute atomic E-state index is 15.1. The minimum Gasteiger partial charge on any atom is -0.381 e. The van der Waals surface area contributed by atoms with Crippen LogP contribution in [-0.4, -0.2) is 75.9 Å². The Morgan fingerprint density at radius 2 is 1.60 bits per heavy atom. The number of hydrogen-bond acceptors (Lipinski definition) is 8. The first-order valence-corrected chi connectivity index (χ1v) is 19.6. The first kappa shape index (κ1) is 38.1. The van der Waals surface area contributed by atoms with E-state index in [2.05, 4.69) is 57.0 Å². The number of pyridine rings is 2. The first-order valence-electron chi connectivity index (χ1n) is 19.6. The Morgan fingerprint density at radius 1 is 0.873 bits per heavy atom. The highest BCUT2D eigenvalue weighted by Crippen LogP contribution is 2.32. The van der Waals surface area contributed by atoms with E-state index in [1.54, 1.807) is 30.3 Å². The molecular formula is C43H51FN8O3. The molecule has 0 bridgehead atoms. The highest BCUT2D eigenvalue weighted by molar-refractivity contribution is 5.97. The zero-order valence-electron chi connectivity index (χ0n) is 32.0. The van der Waals surface area contributed by atoms with Crippen molar-refractivity contribution >= 4 is 28.5 Å². The van der Waals surface area contributed by atoms with Gasteiger partial charge in [0.1, 0.15) is 17.2 Å². The summed E-state index contributed by atoms with van der Waals surface area (Å²) < 4.78 is 22.6. The lowest BCUT2D eigenvalue weighted by molar-refractivity contribution is 0.0904. The summed E-state index contributed by atoms with van der Waals surface area (Å²) >= 11 is 0. The van der Waals surface area contributed by atoms with Crippen molar-refractivity contribution < 1.29 is 18.7 Å². The van der Waals surface area contributed by atoms with E-state index in [-0.39, 0.29) is 36.3 Å². The van der Waals surface area contributed by atoms with Gasteiger partial charge in [-0.25, -0.2) is 19.0 Å². The summed E-state index contributed by atoms with van der Waals surface area (Å²) in [5.74, 6) is -0.512. The van der Waals surface area contributed by atoms with Gasteiger partial charge in [-0.3, -0.25) is 9.59 Å². The Hall–Kier alpha value is -5.20. The fourth-order valence-electron chi connectivity index (χ4n) is 7.69. The Kier molecular flexibility index (Phi) is 12.1. The van der Waals surface area contributed by atoms with Crippen LogP contribution < -0.4 is 16.0 Å². The van der Waals surface area contributed by atoms with Crippen molar-refractivity contribution in [1.82, 2.24) is 35.3 Å². The van der Waals surface area contributed by atoms with Gasteiger partial charge < -0.3 is 25.6 Å². The molecule has 0 aliphatic carbocycles. The van der Waals surface area contributed by atoms with Gasteiger partial charge in [0, 0.05) is 55.7 Å². The van der Waals surface area contributed by atoms with Gasteiger partial charge in [0.05, 0.1) is 17.3 Å². The summed E-state index contributed by atoms with van der Waals surface area (Å²) in [5.41, 5.74) is 7.05. The van der Waals surface area contributed by atoms with Gasteiger partial charge in [-0.2, -0.15) is 5.10 Å². The number of hydrogen-bond donors (Lipinski definition) is 3. The fourth-order valence-corrected chi connectivity index (χ4v) is 7.69. The zero-order chi connectivity index (χ0) is 38.3. The Balaban J connectivity index is 1.01. The molecule has 3 N–H and O–H groups in total. The van der Waals surface area contributed by atoms with Crippen molar-refractivity contribution in [3.05, 3.63) is 106 Å². The number of aromatic nitrogens is 4. The second-order valence-electron chi connectivity index (χ2n) is 14.7. The van der Waals surface area contributed by atoms with E-state index < -0.39 is 11.8 Å². The van der Waals surface area contributed by atoms with Gasteiger partial charge in [0.2, 0.25) is 0 Å². The summed E-state index contributed by atoms with van der Waals surface area (Å²) in [4.78, 5) is 38.6. The van der Waals surface area contributed by atoms with Crippen LogP contribution in [0.5, 0.6) is 0 Å². The largest absolute Gasteiger partial charge is 0.381 e. The second-order valence-corrected chi connectivity index (χ2v) is 14.7. The van der Waals surface area contributed by atoms with Crippen LogP contribution in [0.1, 0.15) is 82.9 Å². The average molecular weight is 747 g/mol. The summed E-state index contributed by atoms with van der Waals surface area (Å²) in [7, 11) is 2.16. The molecule has 2 fully saturated rings. The van der Waals surface area contributed by atoms with Gasteiger partial charge >= 0.3 is 0 Å². The fraction of sp³-hybridized carbons (Fsp3) is 0.419. The Labute approximate surface area is 322 Å². The lowest BCUT2D eigenvalue weighted by Crippen LogP contribution is -2.30. The molecule has 12 heteroatoms. The molecule has 0 radical (unpaired) electrons. The van der Waals surface area contributed by atoms with Crippen LogP contribution in [0.2, 0.25) is 0 Å². The highest BCUT2D eigenvalue weighted by atomic mass is 19.1. The normalized spacial score (nSPS) is 15.6. The number of benzene rings is 2. The van der Waals surface area contributed by atoms with E-state index >= 15 is 4.39 Å². The highest BCUT2D eigenvalue weighted by Gasteiger charge is 2.23. The third-order valence-corrected chi connectivity index (χ3v) is 10.9. The number of piperidine rings is 1. The van der Waals surface area contributed by atoms with Crippen molar-refractivity contribution in [2.24, 2.45) is 5.92 Å². The van der Waals surface area contributed by atoms with E-state index in [0.29, 0.717) is 37.7 Å². The van der Waals surface area contributed by atoms with Crippen molar-refractivity contribution in [3.8, 4) is 11.1 Å². The molecule has 2 aromatic carbocycles. The topological polar surface area (TPSA) is 126 Å². The monoisotopic (exact) mass is 746 g/mol. The molecule has 3 aromatic heterocycles. The molecule has 2 saturated heterocycles. The van der Waals surface area contributed by atoms with E-state index in [4.69, 9.17) is 9.72 Å². The number of nitrogens with zero attached hydrogens (tertiary/aromatic N) is 5. The molecule has 5 heterocycles. The first-order chi connectivity index (χ1) is 26.8. The predicted octanol–water partition coefficient (Wildman–Crippen LogP) is 6.55.